The second kappa shape index (κ2) is 9.06. The molecule has 180 valence electrons. The summed E-state index contributed by atoms with van der Waals surface area (Å²) < 4.78 is 46.8. The number of ether oxygens (including phenoxy) is 1. The van der Waals surface area contributed by atoms with E-state index < -0.39 is 23.8 Å². The van der Waals surface area contributed by atoms with E-state index in [1.807, 2.05) is 12.1 Å². The Labute approximate surface area is 197 Å². The van der Waals surface area contributed by atoms with Crippen LogP contribution in [0.1, 0.15) is 56.7 Å². The first-order valence-corrected chi connectivity index (χ1v) is 11.8. The molecular formula is C26H29F3N4O. The molecule has 2 saturated heterocycles. The number of piperidine rings is 1. The summed E-state index contributed by atoms with van der Waals surface area (Å²) in [6.45, 7) is 6.58. The van der Waals surface area contributed by atoms with E-state index in [1.165, 1.54) is 12.1 Å². The highest BCUT2D eigenvalue weighted by Gasteiger charge is 2.41. The quantitative estimate of drug-likeness (QED) is 0.476. The van der Waals surface area contributed by atoms with Crippen LogP contribution in [0.4, 0.5) is 24.7 Å². The zero-order chi connectivity index (χ0) is 23.9. The van der Waals surface area contributed by atoms with Crippen LogP contribution in [0.15, 0.2) is 42.7 Å². The lowest BCUT2D eigenvalue weighted by Crippen LogP contribution is -2.41. The predicted octanol–water partition coefficient (Wildman–Crippen LogP) is 6.28. The highest BCUT2D eigenvalue weighted by Crippen LogP contribution is 2.42. The molecule has 0 radical (unpaired) electrons. The second-order valence-electron chi connectivity index (χ2n) is 9.65. The molecule has 1 spiro atoms. The summed E-state index contributed by atoms with van der Waals surface area (Å²) in [4.78, 5) is 11.4. The molecule has 5 nitrogen and oxygen atoms in total. The molecule has 8 heteroatoms. The fourth-order valence-corrected chi connectivity index (χ4v) is 5.32. The number of hydrogen-bond donors (Lipinski definition) is 1. The normalized spacial score (nSPS) is 20.9. The van der Waals surface area contributed by atoms with Crippen molar-refractivity contribution in [3.63, 3.8) is 0 Å². The number of anilines is 2. The molecule has 0 bridgehead atoms. The van der Waals surface area contributed by atoms with Crippen molar-refractivity contribution in [3.05, 3.63) is 59.7 Å². The third-order valence-corrected chi connectivity index (χ3v) is 7.29. The van der Waals surface area contributed by atoms with Crippen LogP contribution in [0, 0.1) is 11.2 Å². The number of nitrogens with one attached hydrogen (secondary N) is 1. The molecule has 5 rings (SSSR count). The lowest BCUT2D eigenvalue weighted by atomic mass is 9.77. The van der Waals surface area contributed by atoms with Crippen molar-refractivity contribution in [2.45, 2.75) is 51.7 Å². The number of aromatic nitrogens is 2. The van der Waals surface area contributed by atoms with Gasteiger partial charge in [0.1, 0.15) is 11.6 Å². The molecule has 1 N–H and O–H groups in total. The first-order valence-electron chi connectivity index (χ1n) is 11.8. The number of fused-ring (bicyclic) bond motifs is 1. The molecule has 1 aromatic carbocycles. The van der Waals surface area contributed by atoms with Crippen LogP contribution in [0.5, 0.6) is 0 Å². The van der Waals surface area contributed by atoms with Gasteiger partial charge in [0.15, 0.2) is 0 Å². The minimum atomic E-state index is -2.86. The van der Waals surface area contributed by atoms with Crippen LogP contribution in [-0.2, 0) is 4.74 Å². The summed E-state index contributed by atoms with van der Waals surface area (Å²) in [5.74, 6) is 0.00886. The van der Waals surface area contributed by atoms with E-state index in [-0.39, 0.29) is 11.0 Å². The number of nitrogens with zero attached hydrogens (tertiary/aromatic N) is 3. The molecular weight excluding hydrogens is 441 g/mol. The summed E-state index contributed by atoms with van der Waals surface area (Å²) in [5.41, 5.74) is 1.38. The monoisotopic (exact) mass is 470 g/mol. The Morgan fingerprint density at radius 3 is 2.62 bits per heavy atom. The maximum atomic E-state index is 14.7. The molecule has 34 heavy (non-hydrogen) atoms. The van der Waals surface area contributed by atoms with E-state index >= 15 is 0 Å². The van der Waals surface area contributed by atoms with Gasteiger partial charge >= 0.3 is 0 Å². The number of hydrogen-bond acceptors (Lipinski definition) is 5. The highest BCUT2D eigenvalue weighted by atomic mass is 19.3. The number of benzene rings is 1. The molecule has 0 unspecified atom stereocenters. The van der Waals surface area contributed by atoms with Gasteiger partial charge in [-0.1, -0.05) is 18.2 Å². The number of rotatable bonds is 5. The molecule has 2 aromatic heterocycles. The van der Waals surface area contributed by atoms with E-state index in [1.54, 1.807) is 19.3 Å². The Hall–Kier alpha value is -2.87. The second-order valence-corrected chi connectivity index (χ2v) is 9.65. The van der Waals surface area contributed by atoms with Crippen LogP contribution in [0.3, 0.4) is 0 Å². The van der Waals surface area contributed by atoms with Crippen molar-refractivity contribution in [1.29, 1.82) is 0 Å². The van der Waals surface area contributed by atoms with Gasteiger partial charge < -0.3 is 15.0 Å². The first-order chi connectivity index (χ1) is 16.3. The first kappa shape index (κ1) is 22.9. The summed E-state index contributed by atoms with van der Waals surface area (Å²) in [5, 5.41) is 4.16. The van der Waals surface area contributed by atoms with Gasteiger partial charge in [-0.05, 0) is 50.7 Å². The molecule has 0 saturated carbocycles. The van der Waals surface area contributed by atoms with Gasteiger partial charge in [-0.25, -0.2) is 18.2 Å². The third-order valence-electron chi connectivity index (χ3n) is 7.29. The molecule has 2 atom stereocenters. The lowest BCUT2D eigenvalue weighted by molar-refractivity contribution is 0.0976. The van der Waals surface area contributed by atoms with Gasteiger partial charge in [0.25, 0.3) is 6.43 Å². The minimum Gasteiger partial charge on any atom is -0.378 e. The standard InChI is InChI=1S/C26H29F3N4O/c1-16-13-26(15-34-16)7-10-33(11-8-26)23-12-20-21(6-9-30-22(20)14-31-23)32-17(2)18-4-3-5-19(24(18)27)25(28)29/h3-6,9,12,14,16-17,25H,7-8,10-11,13,15H2,1-2H3,(H,30,32)/t16-,17+/m0/s1. The maximum absolute atomic E-state index is 14.7. The van der Waals surface area contributed by atoms with Crippen molar-refractivity contribution in [3.8, 4) is 0 Å². The smallest absolute Gasteiger partial charge is 0.266 e. The molecule has 2 aliphatic rings. The SMILES string of the molecule is C[C@H]1CC2(CCN(c3cc4c(N[C@H](C)c5cccc(C(F)F)c5F)ccnc4cn3)CC2)CO1. The van der Waals surface area contributed by atoms with Gasteiger partial charge in [0, 0.05) is 35.9 Å². The van der Waals surface area contributed by atoms with Crippen LogP contribution < -0.4 is 10.2 Å². The van der Waals surface area contributed by atoms with Gasteiger partial charge in [-0.3, -0.25) is 4.98 Å². The zero-order valence-corrected chi connectivity index (χ0v) is 19.4. The summed E-state index contributed by atoms with van der Waals surface area (Å²) in [6.07, 6.45) is 4.16. The van der Waals surface area contributed by atoms with Crippen LogP contribution in [0.2, 0.25) is 0 Å². The Balaban J connectivity index is 1.38. The van der Waals surface area contributed by atoms with Crippen molar-refractivity contribution in [1.82, 2.24) is 9.97 Å². The van der Waals surface area contributed by atoms with E-state index in [4.69, 9.17) is 4.74 Å². The molecule has 2 fully saturated rings. The molecule has 3 aromatic rings. The van der Waals surface area contributed by atoms with Crippen molar-refractivity contribution < 1.29 is 17.9 Å². The van der Waals surface area contributed by atoms with Gasteiger partial charge in [-0.2, -0.15) is 0 Å². The van der Waals surface area contributed by atoms with E-state index in [0.717, 1.165) is 61.9 Å². The van der Waals surface area contributed by atoms with Crippen LogP contribution in [0.25, 0.3) is 10.9 Å². The van der Waals surface area contributed by atoms with Gasteiger partial charge in [-0.15, -0.1) is 0 Å². The highest BCUT2D eigenvalue weighted by molar-refractivity contribution is 5.92. The fraction of sp³-hybridized carbons (Fsp3) is 0.462. The lowest BCUT2D eigenvalue weighted by Gasteiger charge is -2.39. The molecule has 0 aliphatic carbocycles. The number of halogens is 3. The topological polar surface area (TPSA) is 50.3 Å². The average Bonchev–Trinajstić information content (AvgIpc) is 3.19. The zero-order valence-electron chi connectivity index (χ0n) is 19.4. The Bertz CT molecular complexity index is 1180. The maximum Gasteiger partial charge on any atom is 0.266 e. The van der Waals surface area contributed by atoms with Crippen molar-refractivity contribution in [2.24, 2.45) is 5.41 Å². The van der Waals surface area contributed by atoms with E-state index in [9.17, 15) is 13.2 Å². The van der Waals surface area contributed by atoms with E-state index in [2.05, 4.69) is 27.1 Å². The number of alkyl halides is 2. The number of pyridine rings is 2. The Morgan fingerprint density at radius 2 is 1.91 bits per heavy atom. The van der Waals surface area contributed by atoms with Crippen molar-refractivity contribution >= 4 is 22.4 Å². The van der Waals surface area contributed by atoms with Gasteiger partial charge in [0.2, 0.25) is 0 Å². The average molecular weight is 471 g/mol. The third kappa shape index (κ3) is 4.31. The Kier molecular flexibility index (Phi) is 6.10. The summed E-state index contributed by atoms with van der Waals surface area (Å²) >= 11 is 0. The van der Waals surface area contributed by atoms with Gasteiger partial charge in [0.05, 0.1) is 36.0 Å². The molecule has 2 aliphatic heterocycles. The largest absolute Gasteiger partial charge is 0.378 e. The summed E-state index contributed by atoms with van der Waals surface area (Å²) in [6, 6.07) is 7.43. The predicted molar refractivity (Wildman–Crippen MR) is 127 cm³/mol. The molecule has 0 amide bonds. The minimum absolute atomic E-state index is 0.200. The summed E-state index contributed by atoms with van der Waals surface area (Å²) in [7, 11) is 0. The molecule has 4 heterocycles. The van der Waals surface area contributed by atoms with E-state index in [0.29, 0.717) is 11.6 Å². The van der Waals surface area contributed by atoms with Crippen LogP contribution in [-0.4, -0.2) is 35.8 Å². The van der Waals surface area contributed by atoms with Crippen LogP contribution >= 0.6 is 0 Å². The Morgan fingerprint density at radius 1 is 1.15 bits per heavy atom. The fourth-order valence-electron chi connectivity index (χ4n) is 5.32. The van der Waals surface area contributed by atoms with Crippen molar-refractivity contribution in [2.75, 3.05) is 29.9 Å².